The van der Waals surface area contributed by atoms with Crippen molar-refractivity contribution >= 4 is 18.0 Å². The molecule has 1 aliphatic carbocycles. The Balaban J connectivity index is 1.75. The molecule has 2 rings (SSSR count). The summed E-state index contributed by atoms with van der Waals surface area (Å²) in [5.41, 5.74) is 1.30. The number of amides is 1. The molecule has 0 atom stereocenters. The van der Waals surface area contributed by atoms with Crippen LogP contribution in [0.25, 0.3) is 6.08 Å². The number of benzene rings is 1. The highest BCUT2D eigenvalue weighted by molar-refractivity contribution is 5.92. The molecule has 1 fully saturated rings. The minimum atomic E-state index is -0.392. The average molecular weight is 354 g/mol. The summed E-state index contributed by atoms with van der Waals surface area (Å²) in [5, 5.41) is 11.4. The Morgan fingerprint density at radius 2 is 1.88 bits per heavy atom. The SMILES string of the molecule is C=C(C)C(=O)NC1CCC(OC(=O)/C=C/c2ccc(OC#N)cc2)CC1. The monoisotopic (exact) mass is 354 g/mol. The molecule has 6 heteroatoms. The number of nitrogens with one attached hydrogen (secondary N) is 1. The maximum atomic E-state index is 11.9. The zero-order chi connectivity index (χ0) is 18.9. The summed E-state index contributed by atoms with van der Waals surface area (Å²) in [6.45, 7) is 5.30. The summed E-state index contributed by atoms with van der Waals surface area (Å²) in [6, 6.07) is 6.89. The summed E-state index contributed by atoms with van der Waals surface area (Å²) in [4.78, 5) is 23.6. The van der Waals surface area contributed by atoms with Gasteiger partial charge in [0, 0.05) is 17.7 Å². The van der Waals surface area contributed by atoms with Crippen LogP contribution in [0.2, 0.25) is 0 Å². The normalized spacial score (nSPS) is 19.4. The minimum Gasteiger partial charge on any atom is -0.459 e. The summed E-state index contributed by atoms with van der Waals surface area (Å²) < 4.78 is 10.1. The molecule has 0 unspecified atom stereocenters. The molecule has 1 aliphatic rings. The first-order valence-corrected chi connectivity index (χ1v) is 8.49. The Labute approximate surface area is 153 Å². The Morgan fingerprint density at radius 3 is 2.46 bits per heavy atom. The third-order valence-corrected chi connectivity index (χ3v) is 4.14. The fourth-order valence-corrected chi connectivity index (χ4v) is 2.70. The number of carbonyl (C=O) groups excluding carboxylic acids is 2. The number of nitriles is 1. The van der Waals surface area contributed by atoms with Crippen LogP contribution in [0.4, 0.5) is 0 Å². The van der Waals surface area contributed by atoms with Gasteiger partial charge in [0.1, 0.15) is 11.9 Å². The standard InChI is InChI=1S/C20H22N2O4/c1-14(2)20(24)22-16-6-10-18(11-7-16)26-19(23)12-5-15-3-8-17(9-4-15)25-13-21/h3-5,8-9,12,16,18H,1,6-7,10-11H2,2H3,(H,22,24)/b12-5+. The molecule has 0 radical (unpaired) electrons. The van der Waals surface area contributed by atoms with Crippen LogP contribution in [-0.4, -0.2) is 24.0 Å². The van der Waals surface area contributed by atoms with Crippen LogP contribution < -0.4 is 10.1 Å². The zero-order valence-corrected chi connectivity index (χ0v) is 14.7. The van der Waals surface area contributed by atoms with Gasteiger partial charge in [0.05, 0.1) is 0 Å². The van der Waals surface area contributed by atoms with Crippen molar-refractivity contribution in [1.29, 1.82) is 5.26 Å². The molecule has 0 aromatic heterocycles. The molecule has 1 saturated carbocycles. The van der Waals surface area contributed by atoms with Gasteiger partial charge in [-0.05, 0) is 56.4 Å². The molecular weight excluding hydrogens is 332 g/mol. The molecule has 0 saturated heterocycles. The molecule has 1 N–H and O–H groups in total. The topological polar surface area (TPSA) is 88.4 Å². The molecule has 1 amide bonds. The molecule has 6 nitrogen and oxygen atoms in total. The van der Waals surface area contributed by atoms with Gasteiger partial charge in [-0.15, -0.1) is 5.26 Å². The van der Waals surface area contributed by atoms with Crippen molar-refractivity contribution in [2.24, 2.45) is 0 Å². The van der Waals surface area contributed by atoms with Gasteiger partial charge >= 0.3 is 5.97 Å². The lowest BCUT2D eigenvalue weighted by Crippen LogP contribution is -2.39. The van der Waals surface area contributed by atoms with E-state index >= 15 is 0 Å². The van der Waals surface area contributed by atoms with E-state index in [4.69, 9.17) is 14.7 Å². The van der Waals surface area contributed by atoms with Crippen LogP contribution in [0, 0.1) is 11.5 Å². The second-order valence-corrected chi connectivity index (χ2v) is 6.26. The molecule has 26 heavy (non-hydrogen) atoms. The fourth-order valence-electron chi connectivity index (χ4n) is 2.70. The number of hydrogen-bond donors (Lipinski definition) is 1. The molecule has 0 bridgehead atoms. The predicted molar refractivity (Wildman–Crippen MR) is 96.8 cm³/mol. The Bertz CT molecular complexity index is 723. The first kappa shape index (κ1) is 19.3. The van der Waals surface area contributed by atoms with Gasteiger partial charge in [-0.1, -0.05) is 18.7 Å². The molecule has 1 aromatic carbocycles. The first-order chi connectivity index (χ1) is 12.5. The molecule has 0 heterocycles. The van der Waals surface area contributed by atoms with Gasteiger partial charge in [-0.3, -0.25) is 4.79 Å². The quantitative estimate of drug-likeness (QED) is 0.482. The van der Waals surface area contributed by atoms with E-state index in [2.05, 4.69) is 11.9 Å². The number of ether oxygens (including phenoxy) is 2. The number of rotatable bonds is 6. The van der Waals surface area contributed by atoms with E-state index in [9.17, 15) is 9.59 Å². The Kier molecular flexibility index (Phi) is 6.98. The van der Waals surface area contributed by atoms with E-state index in [0.29, 0.717) is 11.3 Å². The van der Waals surface area contributed by atoms with Crippen molar-refractivity contribution in [3.05, 3.63) is 48.1 Å². The summed E-state index contributed by atoms with van der Waals surface area (Å²) >= 11 is 0. The smallest absolute Gasteiger partial charge is 0.331 e. The van der Waals surface area contributed by atoms with E-state index in [1.807, 2.05) is 0 Å². The highest BCUT2D eigenvalue weighted by Gasteiger charge is 2.24. The van der Waals surface area contributed by atoms with Crippen molar-refractivity contribution in [3.8, 4) is 12.0 Å². The molecule has 1 aromatic rings. The molecule has 0 aliphatic heterocycles. The lowest BCUT2D eigenvalue weighted by molar-refractivity contribution is -0.144. The van der Waals surface area contributed by atoms with Gasteiger partial charge in [0.2, 0.25) is 5.91 Å². The summed E-state index contributed by atoms with van der Waals surface area (Å²) in [7, 11) is 0. The molecule has 0 spiro atoms. The van der Waals surface area contributed by atoms with Crippen LogP contribution in [0.15, 0.2) is 42.5 Å². The first-order valence-electron chi connectivity index (χ1n) is 8.49. The lowest BCUT2D eigenvalue weighted by atomic mass is 9.92. The maximum absolute atomic E-state index is 11.9. The van der Waals surface area contributed by atoms with Crippen LogP contribution in [0.5, 0.6) is 5.75 Å². The highest BCUT2D eigenvalue weighted by Crippen LogP contribution is 2.22. The van der Waals surface area contributed by atoms with Crippen LogP contribution in [0.3, 0.4) is 0 Å². The molecular formula is C20H22N2O4. The second kappa shape index (κ2) is 9.42. The number of esters is 1. The van der Waals surface area contributed by atoms with Gasteiger partial charge in [0.15, 0.2) is 0 Å². The van der Waals surface area contributed by atoms with Crippen LogP contribution in [0.1, 0.15) is 38.2 Å². The predicted octanol–water partition coefficient (Wildman–Crippen LogP) is 3.11. The van der Waals surface area contributed by atoms with Crippen molar-refractivity contribution in [2.45, 2.75) is 44.8 Å². The second-order valence-electron chi connectivity index (χ2n) is 6.26. The minimum absolute atomic E-state index is 0.110. The molecule has 136 valence electrons. The number of carbonyl (C=O) groups is 2. The summed E-state index contributed by atoms with van der Waals surface area (Å²) in [6.07, 6.45) is 7.51. The number of nitrogens with zero attached hydrogens (tertiary/aromatic N) is 1. The van der Waals surface area contributed by atoms with Crippen molar-refractivity contribution < 1.29 is 19.1 Å². The lowest BCUT2D eigenvalue weighted by Gasteiger charge is -2.28. The Hall–Kier alpha value is -3.07. The highest BCUT2D eigenvalue weighted by atomic mass is 16.5. The van der Waals surface area contributed by atoms with Crippen molar-refractivity contribution in [1.82, 2.24) is 5.32 Å². The van der Waals surface area contributed by atoms with Crippen molar-refractivity contribution in [3.63, 3.8) is 0 Å². The van der Waals surface area contributed by atoms with Gasteiger partial charge < -0.3 is 14.8 Å². The van der Waals surface area contributed by atoms with Gasteiger partial charge in [-0.2, -0.15) is 0 Å². The average Bonchev–Trinajstić information content (AvgIpc) is 2.63. The van der Waals surface area contributed by atoms with Gasteiger partial charge in [0.25, 0.3) is 6.26 Å². The third-order valence-electron chi connectivity index (χ3n) is 4.14. The Morgan fingerprint density at radius 1 is 1.23 bits per heavy atom. The van der Waals surface area contributed by atoms with E-state index < -0.39 is 5.97 Å². The number of hydrogen-bond acceptors (Lipinski definition) is 5. The zero-order valence-electron chi connectivity index (χ0n) is 14.7. The van der Waals surface area contributed by atoms with E-state index in [1.165, 1.54) is 6.08 Å². The largest absolute Gasteiger partial charge is 0.459 e. The van der Waals surface area contributed by atoms with Gasteiger partial charge in [-0.25, -0.2) is 4.79 Å². The van der Waals surface area contributed by atoms with Crippen LogP contribution >= 0.6 is 0 Å². The maximum Gasteiger partial charge on any atom is 0.331 e. The third kappa shape index (κ3) is 6.10. The van der Waals surface area contributed by atoms with Crippen molar-refractivity contribution in [2.75, 3.05) is 0 Å². The summed E-state index contributed by atoms with van der Waals surface area (Å²) in [5.74, 6) is -0.0703. The fraction of sp³-hybridized carbons (Fsp3) is 0.350. The van der Waals surface area contributed by atoms with E-state index in [-0.39, 0.29) is 18.1 Å². The van der Waals surface area contributed by atoms with Crippen LogP contribution in [-0.2, 0) is 14.3 Å². The van der Waals surface area contributed by atoms with E-state index in [0.717, 1.165) is 31.2 Å². The van der Waals surface area contributed by atoms with E-state index in [1.54, 1.807) is 43.5 Å².